The van der Waals surface area contributed by atoms with E-state index in [-0.39, 0.29) is 0 Å². The SMILES string of the molecule is SCOC1CNC1. The summed E-state index contributed by atoms with van der Waals surface area (Å²) in [6.07, 6.45) is 0.442. The van der Waals surface area contributed by atoms with E-state index < -0.39 is 0 Å². The second kappa shape index (κ2) is 2.55. The minimum absolute atomic E-state index is 0.442. The fourth-order valence-electron chi connectivity index (χ4n) is 0.485. The number of ether oxygens (including phenoxy) is 1. The number of nitrogens with one attached hydrogen (secondary N) is 1. The first-order valence-electron chi connectivity index (χ1n) is 2.36. The van der Waals surface area contributed by atoms with Gasteiger partial charge in [0.15, 0.2) is 0 Å². The van der Waals surface area contributed by atoms with E-state index in [1.807, 2.05) is 0 Å². The first-order chi connectivity index (χ1) is 3.43. The summed E-state index contributed by atoms with van der Waals surface area (Å²) >= 11 is 3.90. The molecule has 42 valence electrons. The molecule has 0 spiro atoms. The smallest absolute Gasteiger partial charge is 0.0897 e. The van der Waals surface area contributed by atoms with Crippen molar-refractivity contribution < 1.29 is 4.74 Å². The second-order valence-corrected chi connectivity index (χ2v) is 1.83. The lowest BCUT2D eigenvalue weighted by molar-refractivity contribution is 0.0503. The van der Waals surface area contributed by atoms with E-state index >= 15 is 0 Å². The Morgan fingerprint density at radius 1 is 1.71 bits per heavy atom. The fraction of sp³-hybridized carbons (Fsp3) is 1.00. The van der Waals surface area contributed by atoms with Crippen molar-refractivity contribution in [1.29, 1.82) is 0 Å². The lowest BCUT2D eigenvalue weighted by atomic mass is 10.2. The molecule has 1 rings (SSSR count). The highest BCUT2D eigenvalue weighted by Crippen LogP contribution is 1.97. The molecule has 0 aliphatic carbocycles. The van der Waals surface area contributed by atoms with Crippen molar-refractivity contribution in [2.75, 3.05) is 19.0 Å². The van der Waals surface area contributed by atoms with Gasteiger partial charge in [-0.3, -0.25) is 0 Å². The molecular weight excluding hydrogens is 110 g/mol. The Labute approximate surface area is 48.6 Å². The Morgan fingerprint density at radius 2 is 2.43 bits per heavy atom. The van der Waals surface area contributed by atoms with E-state index in [4.69, 9.17) is 4.74 Å². The monoisotopic (exact) mass is 119 g/mol. The van der Waals surface area contributed by atoms with Crippen LogP contribution in [0, 0.1) is 0 Å². The molecule has 0 unspecified atom stereocenters. The highest BCUT2D eigenvalue weighted by Gasteiger charge is 2.15. The first kappa shape index (κ1) is 5.41. The van der Waals surface area contributed by atoms with Crippen molar-refractivity contribution in [3.8, 4) is 0 Å². The summed E-state index contributed by atoms with van der Waals surface area (Å²) in [5, 5.41) is 3.09. The summed E-state index contributed by atoms with van der Waals surface area (Å²) in [5.74, 6) is 0.548. The van der Waals surface area contributed by atoms with Crippen LogP contribution in [0.25, 0.3) is 0 Å². The van der Waals surface area contributed by atoms with Crippen LogP contribution in [-0.4, -0.2) is 25.1 Å². The zero-order valence-electron chi connectivity index (χ0n) is 4.05. The molecule has 0 radical (unpaired) electrons. The molecule has 2 nitrogen and oxygen atoms in total. The molecule has 1 saturated heterocycles. The van der Waals surface area contributed by atoms with Crippen molar-refractivity contribution in [3.63, 3.8) is 0 Å². The third kappa shape index (κ3) is 1.33. The molecule has 7 heavy (non-hydrogen) atoms. The molecule has 0 aromatic carbocycles. The van der Waals surface area contributed by atoms with Crippen LogP contribution in [0.1, 0.15) is 0 Å². The molecule has 0 atom stereocenters. The van der Waals surface area contributed by atoms with Crippen LogP contribution in [0.15, 0.2) is 0 Å². The summed E-state index contributed by atoms with van der Waals surface area (Å²) in [6.45, 7) is 2.00. The van der Waals surface area contributed by atoms with Gasteiger partial charge >= 0.3 is 0 Å². The molecule has 1 fully saturated rings. The quantitative estimate of drug-likeness (QED) is 0.390. The van der Waals surface area contributed by atoms with Gasteiger partial charge in [-0.1, -0.05) is 0 Å². The maximum Gasteiger partial charge on any atom is 0.0897 e. The van der Waals surface area contributed by atoms with Gasteiger partial charge in [-0.15, -0.1) is 0 Å². The van der Waals surface area contributed by atoms with Crippen molar-refractivity contribution in [2.24, 2.45) is 0 Å². The van der Waals surface area contributed by atoms with Crippen molar-refractivity contribution in [2.45, 2.75) is 6.10 Å². The maximum atomic E-state index is 5.08. The van der Waals surface area contributed by atoms with E-state index in [1.54, 1.807) is 0 Å². The average Bonchev–Trinajstić information content (AvgIpc) is 1.55. The molecule has 1 N–H and O–H groups in total. The zero-order valence-corrected chi connectivity index (χ0v) is 4.95. The zero-order chi connectivity index (χ0) is 5.11. The van der Waals surface area contributed by atoms with Crippen LogP contribution in [0.3, 0.4) is 0 Å². The van der Waals surface area contributed by atoms with Gasteiger partial charge in [0.25, 0.3) is 0 Å². The van der Waals surface area contributed by atoms with Crippen LogP contribution in [0.5, 0.6) is 0 Å². The average molecular weight is 119 g/mol. The number of hydrogen-bond donors (Lipinski definition) is 2. The summed E-state index contributed by atoms with van der Waals surface area (Å²) in [6, 6.07) is 0. The lowest BCUT2D eigenvalue weighted by Gasteiger charge is -2.25. The molecule has 0 aromatic heterocycles. The molecule has 0 aromatic rings. The van der Waals surface area contributed by atoms with Gasteiger partial charge in [-0.25, -0.2) is 0 Å². The van der Waals surface area contributed by atoms with Gasteiger partial charge < -0.3 is 10.1 Å². The van der Waals surface area contributed by atoms with Gasteiger partial charge in [0, 0.05) is 13.1 Å². The molecule has 1 heterocycles. The molecular formula is C4H9NOS. The van der Waals surface area contributed by atoms with E-state index in [0.29, 0.717) is 12.0 Å². The van der Waals surface area contributed by atoms with Crippen LogP contribution >= 0.6 is 12.6 Å². The van der Waals surface area contributed by atoms with Crippen LogP contribution in [0.2, 0.25) is 0 Å². The second-order valence-electron chi connectivity index (χ2n) is 1.58. The van der Waals surface area contributed by atoms with Crippen LogP contribution in [-0.2, 0) is 4.74 Å². The Morgan fingerprint density at radius 3 is 2.57 bits per heavy atom. The summed E-state index contributed by atoms with van der Waals surface area (Å²) in [4.78, 5) is 0. The Balaban J connectivity index is 1.93. The Hall–Kier alpha value is 0.270. The number of thiol groups is 1. The molecule has 1 aliphatic heterocycles. The van der Waals surface area contributed by atoms with Gasteiger partial charge in [0.2, 0.25) is 0 Å². The normalized spacial score (nSPS) is 21.9. The van der Waals surface area contributed by atoms with E-state index in [2.05, 4.69) is 17.9 Å². The van der Waals surface area contributed by atoms with Crippen LogP contribution < -0.4 is 5.32 Å². The van der Waals surface area contributed by atoms with Crippen LogP contribution in [0.4, 0.5) is 0 Å². The standard InChI is InChI=1S/C4H9NOS/c7-3-6-4-1-5-2-4/h4-5,7H,1-3H2. The minimum atomic E-state index is 0.442. The lowest BCUT2D eigenvalue weighted by Crippen LogP contribution is -2.48. The molecule has 0 bridgehead atoms. The summed E-state index contributed by atoms with van der Waals surface area (Å²) in [5.41, 5.74) is 0. The Kier molecular flexibility index (Phi) is 1.97. The Bertz CT molecular complexity index is 55.7. The number of rotatable bonds is 2. The van der Waals surface area contributed by atoms with Crippen molar-refractivity contribution >= 4 is 12.6 Å². The molecule has 0 saturated carbocycles. The fourth-order valence-corrected chi connectivity index (χ4v) is 0.696. The third-order valence-electron chi connectivity index (χ3n) is 1.05. The summed E-state index contributed by atoms with van der Waals surface area (Å²) in [7, 11) is 0. The van der Waals surface area contributed by atoms with E-state index in [9.17, 15) is 0 Å². The maximum absolute atomic E-state index is 5.08. The van der Waals surface area contributed by atoms with Gasteiger partial charge in [-0.2, -0.15) is 12.6 Å². The highest BCUT2D eigenvalue weighted by molar-refractivity contribution is 7.80. The molecule has 3 heteroatoms. The molecule has 0 amide bonds. The van der Waals surface area contributed by atoms with E-state index in [0.717, 1.165) is 13.1 Å². The molecule has 1 aliphatic rings. The van der Waals surface area contributed by atoms with Gasteiger partial charge in [0.1, 0.15) is 0 Å². The van der Waals surface area contributed by atoms with Gasteiger partial charge in [0.05, 0.1) is 12.0 Å². The highest BCUT2D eigenvalue weighted by atomic mass is 32.1. The largest absolute Gasteiger partial charge is 0.365 e. The van der Waals surface area contributed by atoms with Crippen molar-refractivity contribution in [1.82, 2.24) is 5.32 Å². The number of hydrogen-bond acceptors (Lipinski definition) is 3. The first-order valence-corrected chi connectivity index (χ1v) is 3.00. The predicted octanol–water partition coefficient (Wildman–Crippen LogP) is -0.138. The topological polar surface area (TPSA) is 21.3 Å². The third-order valence-corrected chi connectivity index (χ3v) is 1.20. The summed E-state index contributed by atoms with van der Waals surface area (Å²) < 4.78 is 5.08. The minimum Gasteiger partial charge on any atom is -0.365 e. The predicted molar refractivity (Wildman–Crippen MR) is 31.6 cm³/mol. The van der Waals surface area contributed by atoms with Crippen molar-refractivity contribution in [3.05, 3.63) is 0 Å². The van der Waals surface area contributed by atoms with Gasteiger partial charge in [-0.05, 0) is 0 Å². The van der Waals surface area contributed by atoms with E-state index in [1.165, 1.54) is 0 Å².